The molecule has 0 aliphatic carbocycles. The monoisotopic (exact) mass is 254 g/mol. The smallest absolute Gasteiger partial charge is 0.167 e. The van der Waals surface area contributed by atoms with Gasteiger partial charge in [0.05, 0.1) is 18.0 Å². The Balaban J connectivity index is 2.83. The van der Waals surface area contributed by atoms with E-state index >= 15 is 0 Å². The maximum absolute atomic E-state index is 13.6. The van der Waals surface area contributed by atoms with Crippen molar-refractivity contribution >= 4 is 11.4 Å². The summed E-state index contributed by atoms with van der Waals surface area (Å²) in [6.45, 7) is 6.70. The van der Waals surface area contributed by atoms with Gasteiger partial charge >= 0.3 is 0 Å². The highest BCUT2D eigenvalue weighted by Gasteiger charge is 2.10. The van der Waals surface area contributed by atoms with Crippen molar-refractivity contribution in [3.05, 3.63) is 17.9 Å². The van der Waals surface area contributed by atoms with Crippen molar-refractivity contribution in [1.82, 2.24) is 0 Å². The average Bonchev–Trinajstić information content (AvgIpc) is 2.31. The van der Waals surface area contributed by atoms with Crippen LogP contribution in [-0.2, 0) is 0 Å². The second-order valence-electron chi connectivity index (χ2n) is 4.55. The van der Waals surface area contributed by atoms with Crippen LogP contribution in [0.1, 0.15) is 40.0 Å². The summed E-state index contributed by atoms with van der Waals surface area (Å²) < 4.78 is 19.0. The van der Waals surface area contributed by atoms with Gasteiger partial charge in [0.15, 0.2) is 11.6 Å². The summed E-state index contributed by atoms with van der Waals surface area (Å²) in [6.07, 6.45) is 2.98. The fraction of sp³-hybridized carbons (Fsp3) is 0.571. The largest absolute Gasteiger partial charge is 0.490 e. The Hall–Kier alpha value is -1.45. The first-order chi connectivity index (χ1) is 8.58. The highest BCUT2D eigenvalue weighted by atomic mass is 19.1. The molecular formula is C14H23FN2O. The van der Waals surface area contributed by atoms with Crippen LogP contribution in [0.2, 0.25) is 0 Å². The number of ether oxygens (including phenoxy) is 1. The number of nitrogens with two attached hydrogens (primary N) is 1. The Bertz CT molecular complexity index is 382. The van der Waals surface area contributed by atoms with E-state index in [2.05, 4.69) is 19.2 Å². The minimum absolute atomic E-state index is 0.261. The summed E-state index contributed by atoms with van der Waals surface area (Å²) >= 11 is 0. The normalized spacial score (nSPS) is 12.2. The third-order valence-corrected chi connectivity index (χ3v) is 2.69. The molecule has 0 saturated heterocycles. The van der Waals surface area contributed by atoms with E-state index in [4.69, 9.17) is 10.5 Å². The second-order valence-corrected chi connectivity index (χ2v) is 4.55. The topological polar surface area (TPSA) is 47.3 Å². The number of rotatable bonds is 7. The first-order valence-corrected chi connectivity index (χ1v) is 6.56. The summed E-state index contributed by atoms with van der Waals surface area (Å²) in [4.78, 5) is 0. The van der Waals surface area contributed by atoms with Gasteiger partial charge in [-0.1, -0.05) is 20.3 Å². The SMILES string of the molecule is CCCOc1cc(NC(C)CCC)c(N)cc1F. The third-order valence-electron chi connectivity index (χ3n) is 2.69. The molecule has 4 heteroatoms. The quantitative estimate of drug-likeness (QED) is 0.728. The van der Waals surface area contributed by atoms with Gasteiger partial charge in [0.2, 0.25) is 0 Å². The van der Waals surface area contributed by atoms with E-state index in [9.17, 15) is 4.39 Å². The fourth-order valence-electron chi connectivity index (χ4n) is 1.79. The second kappa shape index (κ2) is 7.09. The molecule has 0 radical (unpaired) electrons. The molecule has 1 unspecified atom stereocenters. The van der Waals surface area contributed by atoms with Crippen LogP contribution in [0.15, 0.2) is 12.1 Å². The first kappa shape index (κ1) is 14.6. The van der Waals surface area contributed by atoms with Crippen LogP contribution >= 0.6 is 0 Å². The molecule has 0 aromatic heterocycles. The molecule has 3 nitrogen and oxygen atoms in total. The maximum atomic E-state index is 13.6. The van der Waals surface area contributed by atoms with Crippen molar-refractivity contribution in [1.29, 1.82) is 0 Å². The molecule has 1 rings (SSSR count). The van der Waals surface area contributed by atoms with Gasteiger partial charge in [0.1, 0.15) is 0 Å². The first-order valence-electron chi connectivity index (χ1n) is 6.56. The number of nitrogen functional groups attached to an aromatic ring is 1. The Labute approximate surface area is 109 Å². The third kappa shape index (κ3) is 4.09. The molecule has 0 spiro atoms. The van der Waals surface area contributed by atoms with Crippen LogP contribution in [0.3, 0.4) is 0 Å². The molecule has 0 fully saturated rings. The van der Waals surface area contributed by atoms with Gasteiger partial charge in [0, 0.05) is 18.2 Å². The van der Waals surface area contributed by atoms with Crippen molar-refractivity contribution in [2.45, 2.75) is 46.1 Å². The van der Waals surface area contributed by atoms with Crippen molar-refractivity contribution in [3.8, 4) is 5.75 Å². The molecule has 1 atom stereocenters. The lowest BCUT2D eigenvalue weighted by Gasteiger charge is -2.17. The standard InChI is InChI=1S/C14H23FN2O/c1-4-6-10(3)17-13-9-14(18-7-5-2)11(15)8-12(13)16/h8-10,17H,4-7,16H2,1-3H3. The van der Waals surface area contributed by atoms with Gasteiger partial charge in [-0.15, -0.1) is 0 Å². The summed E-state index contributed by atoms with van der Waals surface area (Å²) in [6, 6.07) is 3.26. The Kier molecular flexibility index (Phi) is 5.75. The predicted octanol–water partition coefficient (Wildman–Crippen LogP) is 3.80. The Morgan fingerprint density at radius 2 is 2.06 bits per heavy atom. The molecule has 1 aromatic rings. The van der Waals surface area contributed by atoms with E-state index in [1.807, 2.05) is 6.92 Å². The lowest BCUT2D eigenvalue weighted by Crippen LogP contribution is -2.16. The van der Waals surface area contributed by atoms with Crippen molar-refractivity contribution in [2.75, 3.05) is 17.7 Å². The summed E-state index contributed by atoms with van der Waals surface area (Å²) in [5.74, 6) is -0.146. The van der Waals surface area contributed by atoms with E-state index in [1.165, 1.54) is 6.07 Å². The molecule has 102 valence electrons. The molecule has 0 aliphatic rings. The number of anilines is 2. The Morgan fingerprint density at radius 1 is 1.33 bits per heavy atom. The van der Waals surface area contributed by atoms with Gasteiger partial charge in [-0.3, -0.25) is 0 Å². The lowest BCUT2D eigenvalue weighted by molar-refractivity contribution is 0.301. The van der Waals surface area contributed by atoms with E-state index < -0.39 is 5.82 Å². The molecule has 0 bridgehead atoms. The molecule has 0 saturated carbocycles. The highest BCUT2D eigenvalue weighted by molar-refractivity contribution is 5.68. The highest BCUT2D eigenvalue weighted by Crippen LogP contribution is 2.29. The van der Waals surface area contributed by atoms with Gasteiger partial charge in [-0.2, -0.15) is 0 Å². The lowest BCUT2D eigenvalue weighted by atomic mass is 10.1. The van der Waals surface area contributed by atoms with Gasteiger partial charge in [0.25, 0.3) is 0 Å². The minimum atomic E-state index is -0.408. The summed E-state index contributed by atoms with van der Waals surface area (Å²) in [7, 11) is 0. The van der Waals surface area contributed by atoms with Crippen LogP contribution in [0.5, 0.6) is 5.75 Å². The van der Waals surface area contributed by atoms with Crippen LogP contribution in [0.25, 0.3) is 0 Å². The molecule has 0 amide bonds. The van der Waals surface area contributed by atoms with Gasteiger partial charge in [-0.25, -0.2) is 4.39 Å². The fourth-order valence-corrected chi connectivity index (χ4v) is 1.79. The summed E-state index contributed by atoms with van der Waals surface area (Å²) in [5.41, 5.74) is 6.96. The molecule has 18 heavy (non-hydrogen) atoms. The van der Waals surface area contributed by atoms with Crippen LogP contribution in [0.4, 0.5) is 15.8 Å². The van der Waals surface area contributed by atoms with Crippen molar-refractivity contribution in [3.63, 3.8) is 0 Å². The van der Waals surface area contributed by atoms with E-state index in [1.54, 1.807) is 6.07 Å². The summed E-state index contributed by atoms with van der Waals surface area (Å²) in [5, 5.41) is 3.28. The zero-order valence-electron chi connectivity index (χ0n) is 11.4. The van der Waals surface area contributed by atoms with E-state index in [0.717, 1.165) is 24.9 Å². The number of nitrogens with one attached hydrogen (secondary N) is 1. The van der Waals surface area contributed by atoms with Crippen molar-refractivity contribution < 1.29 is 9.13 Å². The van der Waals surface area contributed by atoms with Gasteiger partial charge in [-0.05, 0) is 19.8 Å². The maximum Gasteiger partial charge on any atom is 0.167 e. The number of hydrogen-bond acceptors (Lipinski definition) is 3. The Morgan fingerprint density at radius 3 is 2.67 bits per heavy atom. The van der Waals surface area contributed by atoms with Crippen LogP contribution in [-0.4, -0.2) is 12.6 Å². The molecule has 3 N–H and O–H groups in total. The molecule has 0 heterocycles. The zero-order chi connectivity index (χ0) is 13.5. The van der Waals surface area contributed by atoms with Gasteiger partial charge < -0.3 is 15.8 Å². The molecule has 1 aromatic carbocycles. The van der Waals surface area contributed by atoms with E-state index in [-0.39, 0.29) is 5.75 Å². The number of benzene rings is 1. The van der Waals surface area contributed by atoms with E-state index in [0.29, 0.717) is 18.3 Å². The molecular weight excluding hydrogens is 231 g/mol. The average molecular weight is 254 g/mol. The van der Waals surface area contributed by atoms with Crippen LogP contribution in [0, 0.1) is 5.82 Å². The van der Waals surface area contributed by atoms with Crippen LogP contribution < -0.4 is 15.8 Å². The number of halogens is 1. The zero-order valence-corrected chi connectivity index (χ0v) is 11.4. The molecule has 0 aliphatic heterocycles. The number of hydrogen-bond donors (Lipinski definition) is 2. The van der Waals surface area contributed by atoms with Crippen molar-refractivity contribution in [2.24, 2.45) is 0 Å². The predicted molar refractivity (Wildman–Crippen MR) is 74.6 cm³/mol. The minimum Gasteiger partial charge on any atom is -0.490 e.